The summed E-state index contributed by atoms with van der Waals surface area (Å²) < 4.78 is 28.2. The molecule has 0 aliphatic carbocycles. The van der Waals surface area contributed by atoms with E-state index in [4.69, 9.17) is 0 Å². The van der Waals surface area contributed by atoms with Crippen molar-refractivity contribution in [1.82, 2.24) is 13.9 Å². The zero-order chi connectivity index (χ0) is 15.9. The molecule has 0 spiro atoms. The number of hydrogen-bond donors (Lipinski definition) is 1. The van der Waals surface area contributed by atoms with Crippen LogP contribution in [0.2, 0.25) is 0 Å². The van der Waals surface area contributed by atoms with E-state index in [-0.39, 0.29) is 0 Å². The molecule has 1 N–H and O–H groups in total. The second-order valence-corrected chi connectivity index (χ2v) is 8.46. The minimum Gasteiger partial charge on any atom is -0.314 e. The van der Waals surface area contributed by atoms with Gasteiger partial charge in [0.15, 0.2) is 0 Å². The molecule has 0 amide bonds. The average molecular weight is 320 g/mol. The minimum absolute atomic E-state index is 0.449. The topological polar surface area (TPSA) is 52.7 Å². The minimum atomic E-state index is -3.26. The van der Waals surface area contributed by atoms with E-state index in [1.807, 2.05) is 0 Å². The normalized spacial score (nSPS) is 18.8. The standard InChI is InChI=1S/C15H33N3O2S/c1-5-7-15-8-12-18(13-9-15)21(19,20)17(4)11-6-10-16-14(2)3/h14-16H,5-13H2,1-4H3. The highest BCUT2D eigenvalue weighted by Gasteiger charge is 2.30. The number of nitrogens with zero attached hydrogens (tertiary/aromatic N) is 2. The van der Waals surface area contributed by atoms with E-state index in [0.29, 0.717) is 31.6 Å². The van der Waals surface area contributed by atoms with Crippen molar-refractivity contribution in [1.29, 1.82) is 0 Å². The lowest BCUT2D eigenvalue weighted by molar-refractivity contribution is 0.249. The molecule has 0 unspecified atom stereocenters. The average Bonchev–Trinajstić information content (AvgIpc) is 2.44. The van der Waals surface area contributed by atoms with Gasteiger partial charge in [-0.1, -0.05) is 33.6 Å². The van der Waals surface area contributed by atoms with Gasteiger partial charge in [-0.05, 0) is 31.7 Å². The van der Waals surface area contributed by atoms with E-state index in [0.717, 1.165) is 25.8 Å². The molecule has 0 atom stereocenters. The fourth-order valence-corrected chi connectivity index (χ4v) is 4.27. The predicted molar refractivity (Wildman–Crippen MR) is 88.5 cm³/mol. The van der Waals surface area contributed by atoms with E-state index in [9.17, 15) is 8.42 Å². The van der Waals surface area contributed by atoms with Crippen LogP contribution in [0.3, 0.4) is 0 Å². The quantitative estimate of drug-likeness (QED) is 0.662. The lowest BCUT2D eigenvalue weighted by Gasteiger charge is -2.33. The van der Waals surface area contributed by atoms with Crippen LogP contribution < -0.4 is 5.32 Å². The van der Waals surface area contributed by atoms with E-state index in [2.05, 4.69) is 26.1 Å². The molecular formula is C15H33N3O2S. The fraction of sp³-hybridized carbons (Fsp3) is 1.00. The van der Waals surface area contributed by atoms with Crippen molar-refractivity contribution < 1.29 is 8.42 Å². The van der Waals surface area contributed by atoms with E-state index in [1.54, 1.807) is 11.4 Å². The van der Waals surface area contributed by atoms with Crippen molar-refractivity contribution in [2.75, 3.05) is 33.2 Å². The van der Waals surface area contributed by atoms with Gasteiger partial charge in [-0.15, -0.1) is 0 Å². The Labute approximate surface area is 131 Å². The molecular weight excluding hydrogens is 286 g/mol. The SMILES string of the molecule is CCCC1CCN(S(=O)(=O)N(C)CCCNC(C)C)CC1. The monoisotopic (exact) mass is 319 g/mol. The number of piperidine rings is 1. The Balaban J connectivity index is 2.38. The van der Waals surface area contributed by atoms with E-state index < -0.39 is 10.2 Å². The molecule has 0 aromatic carbocycles. The lowest BCUT2D eigenvalue weighted by Crippen LogP contribution is -2.46. The molecule has 1 aliphatic rings. The van der Waals surface area contributed by atoms with Crippen LogP contribution in [0.1, 0.15) is 52.9 Å². The molecule has 21 heavy (non-hydrogen) atoms. The van der Waals surface area contributed by atoms with Crippen molar-refractivity contribution in [2.24, 2.45) is 5.92 Å². The predicted octanol–water partition coefficient (Wildman–Crippen LogP) is 2.06. The summed E-state index contributed by atoms with van der Waals surface area (Å²) in [7, 11) is -1.56. The Morgan fingerprint density at radius 2 is 1.90 bits per heavy atom. The third-order valence-electron chi connectivity index (χ3n) is 4.19. The lowest BCUT2D eigenvalue weighted by atomic mass is 9.94. The van der Waals surface area contributed by atoms with Gasteiger partial charge in [0, 0.05) is 32.7 Å². The van der Waals surface area contributed by atoms with Crippen LogP contribution in [0, 0.1) is 5.92 Å². The van der Waals surface area contributed by atoms with Gasteiger partial charge in [-0.25, -0.2) is 0 Å². The molecule has 0 saturated carbocycles. The van der Waals surface area contributed by atoms with Crippen LogP contribution in [0.25, 0.3) is 0 Å². The zero-order valence-corrected chi connectivity index (χ0v) is 15.0. The summed E-state index contributed by atoms with van der Waals surface area (Å²) in [4.78, 5) is 0. The summed E-state index contributed by atoms with van der Waals surface area (Å²) in [6, 6.07) is 0.449. The van der Waals surface area contributed by atoms with Gasteiger partial charge < -0.3 is 5.32 Å². The summed E-state index contributed by atoms with van der Waals surface area (Å²) in [5.41, 5.74) is 0. The Morgan fingerprint density at radius 3 is 2.43 bits per heavy atom. The van der Waals surface area contributed by atoms with Crippen molar-refractivity contribution in [3.63, 3.8) is 0 Å². The Bertz CT molecular complexity index is 376. The summed E-state index contributed by atoms with van der Waals surface area (Å²) >= 11 is 0. The van der Waals surface area contributed by atoms with Crippen LogP contribution in [-0.2, 0) is 10.2 Å². The van der Waals surface area contributed by atoms with Crippen molar-refractivity contribution in [3.05, 3.63) is 0 Å². The molecule has 1 rings (SSSR count). The summed E-state index contributed by atoms with van der Waals surface area (Å²) in [5, 5.41) is 3.32. The van der Waals surface area contributed by atoms with Crippen LogP contribution in [0.5, 0.6) is 0 Å². The van der Waals surface area contributed by atoms with E-state index in [1.165, 1.54) is 17.1 Å². The first-order chi connectivity index (χ1) is 9.87. The second-order valence-electron chi connectivity index (χ2n) is 6.42. The fourth-order valence-electron chi connectivity index (χ4n) is 2.84. The van der Waals surface area contributed by atoms with Gasteiger partial charge in [0.2, 0.25) is 0 Å². The summed E-state index contributed by atoms with van der Waals surface area (Å²) in [6.45, 7) is 9.19. The molecule has 6 heteroatoms. The first-order valence-corrected chi connectivity index (χ1v) is 9.72. The maximum atomic E-state index is 12.5. The molecule has 1 heterocycles. The van der Waals surface area contributed by atoms with Crippen LogP contribution in [-0.4, -0.2) is 56.3 Å². The second kappa shape index (κ2) is 9.08. The van der Waals surface area contributed by atoms with Crippen molar-refractivity contribution >= 4 is 10.2 Å². The molecule has 1 aliphatic heterocycles. The Kier molecular flexibility index (Phi) is 8.16. The van der Waals surface area contributed by atoms with Gasteiger partial charge in [-0.2, -0.15) is 17.0 Å². The molecule has 5 nitrogen and oxygen atoms in total. The molecule has 126 valence electrons. The van der Waals surface area contributed by atoms with Crippen LogP contribution in [0.4, 0.5) is 0 Å². The molecule has 0 aromatic heterocycles. The first-order valence-electron chi connectivity index (χ1n) is 8.32. The highest BCUT2D eigenvalue weighted by molar-refractivity contribution is 7.86. The first kappa shape index (κ1) is 18.9. The zero-order valence-electron chi connectivity index (χ0n) is 14.1. The Hall–Kier alpha value is -0.170. The maximum Gasteiger partial charge on any atom is 0.281 e. The highest BCUT2D eigenvalue weighted by Crippen LogP contribution is 2.24. The van der Waals surface area contributed by atoms with Gasteiger partial charge in [0.05, 0.1) is 0 Å². The van der Waals surface area contributed by atoms with Crippen molar-refractivity contribution in [3.8, 4) is 0 Å². The number of nitrogens with one attached hydrogen (secondary N) is 1. The molecule has 0 radical (unpaired) electrons. The highest BCUT2D eigenvalue weighted by atomic mass is 32.2. The third kappa shape index (κ3) is 6.22. The number of hydrogen-bond acceptors (Lipinski definition) is 3. The largest absolute Gasteiger partial charge is 0.314 e. The third-order valence-corrected chi connectivity index (χ3v) is 6.18. The van der Waals surface area contributed by atoms with Crippen molar-refractivity contribution in [2.45, 2.75) is 58.9 Å². The summed E-state index contributed by atoms with van der Waals surface area (Å²) in [6.07, 6.45) is 5.29. The van der Waals surface area contributed by atoms with Crippen LogP contribution in [0.15, 0.2) is 0 Å². The van der Waals surface area contributed by atoms with E-state index >= 15 is 0 Å². The molecule has 0 bridgehead atoms. The van der Waals surface area contributed by atoms with Gasteiger partial charge in [0.1, 0.15) is 0 Å². The maximum absolute atomic E-state index is 12.5. The molecule has 0 aromatic rings. The van der Waals surface area contributed by atoms with Gasteiger partial charge >= 0.3 is 0 Å². The molecule has 1 fully saturated rings. The van der Waals surface area contributed by atoms with Gasteiger partial charge in [-0.3, -0.25) is 0 Å². The summed E-state index contributed by atoms with van der Waals surface area (Å²) in [5.74, 6) is 0.710. The molecule has 1 saturated heterocycles. The number of rotatable bonds is 9. The van der Waals surface area contributed by atoms with Crippen LogP contribution >= 0.6 is 0 Å². The smallest absolute Gasteiger partial charge is 0.281 e. The van der Waals surface area contributed by atoms with Gasteiger partial charge in [0.25, 0.3) is 10.2 Å². The Morgan fingerprint density at radius 1 is 1.29 bits per heavy atom.